The Bertz CT molecular complexity index is 413. The number of Topliss-reactive ketones (excluding diaryl/α,β-unsaturated/α-hetero) is 1. The first-order valence-corrected chi connectivity index (χ1v) is 4.75. The van der Waals surface area contributed by atoms with Gasteiger partial charge in [0.25, 0.3) is 0 Å². The van der Waals surface area contributed by atoms with E-state index in [1.165, 1.54) is 0 Å². The van der Waals surface area contributed by atoms with Crippen molar-refractivity contribution in [2.45, 2.75) is 18.8 Å². The molecule has 0 radical (unpaired) electrons. The molecule has 0 N–H and O–H groups in total. The van der Waals surface area contributed by atoms with E-state index in [1.807, 2.05) is 0 Å². The molecule has 0 aliphatic heterocycles. The highest BCUT2D eigenvalue weighted by Gasteiger charge is 2.48. The number of carbonyl (C=O) groups is 1. The molecule has 2 rings (SSSR count). The van der Waals surface area contributed by atoms with Crippen molar-refractivity contribution in [2.75, 3.05) is 0 Å². The van der Waals surface area contributed by atoms with Crippen LogP contribution in [-0.4, -0.2) is 11.7 Å². The number of hydrogen-bond donors (Lipinski definition) is 0. The van der Waals surface area contributed by atoms with Crippen LogP contribution in [-0.2, 0) is 0 Å². The molecular formula is C11H8F4O. The Kier molecular flexibility index (Phi) is 2.48. The van der Waals surface area contributed by atoms with Crippen molar-refractivity contribution in [3.8, 4) is 0 Å². The van der Waals surface area contributed by atoms with Gasteiger partial charge in [0.05, 0.1) is 0 Å². The van der Waals surface area contributed by atoms with E-state index >= 15 is 0 Å². The smallest absolute Gasteiger partial charge is 0.249 e. The van der Waals surface area contributed by atoms with Crippen LogP contribution in [0.1, 0.15) is 23.2 Å². The summed E-state index contributed by atoms with van der Waals surface area (Å²) >= 11 is 0. The van der Waals surface area contributed by atoms with Gasteiger partial charge in [0.2, 0.25) is 5.92 Å². The van der Waals surface area contributed by atoms with E-state index in [0.29, 0.717) is 6.07 Å². The zero-order valence-electron chi connectivity index (χ0n) is 8.14. The summed E-state index contributed by atoms with van der Waals surface area (Å²) in [5.74, 6) is -6.02. The lowest BCUT2D eigenvalue weighted by Crippen LogP contribution is -2.40. The number of carbonyl (C=O) groups excluding carboxylic acids is 1. The molecule has 0 saturated heterocycles. The van der Waals surface area contributed by atoms with E-state index in [0.717, 1.165) is 12.1 Å². The van der Waals surface area contributed by atoms with E-state index in [9.17, 15) is 22.4 Å². The van der Waals surface area contributed by atoms with Crippen LogP contribution < -0.4 is 0 Å². The molecule has 1 aliphatic rings. The third-order valence-electron chi connectivity index (χ3n) is 2.61. The average Bonchev–Trinajstić information content (AvgIpc) is 2.11. The fourth-order valence-electron chi connectivity index (χ4n) is 1.78. The summed E-state index contributed by atoms with van der Waals surface area (Å²) in [6.07, 6.45) is -1.08. The van der Waals surface area contributed by atoms with Gasteiger partial charge in [0.1, 0.15) is 11.6 Å². The number of rotatable bonds is 2. The van der Waals surface area contributed by atoms with E-state index in [-0.39, 0.29) is 5.56 Å². The second-order valence-corrected chi connectivity index (χ2v) is 3.98. The van der Waals surface area contributed by atoms with Crippen molar-refractivity contribution < 1.29 is 22.4 Å². The summed E-state index contributed by atoms with van der Waals surface area (Å²) in [7, 11) is 0. The molecule has 0 heterocycles. The number of alkyl halides is 2. The van der Waals surface area contributed by atoms with Gasteiger partial charge in [-0.2, -0.15) is 0 Å². The van der Waals surface area contributed by atoms with Gasteiger partial charge in [-0.1, -0.05) is 0 Å². The number of benzene rings is 1. The van der Waals surface area contributed by atoms with Crippen LogP contribution in [0.2, 0.25) is 0 Å². The Hall–Kier alpha value is -1.39. The molecular weight excluding hydrogens is 224 g/mol. The third kappa shape index (κ3) is 2.08. The minimum Gasteiger partial charge on any atom is -0.294 e. The molecule has 1 aromatic rings. The van der Waals surface area contributed by atoms with Crippen molar-refractivity contribution in [1.29, 1.82) is 0 Å². The average molecular weight is 232 g/mol. The molecule has 1 aliphatic carbocycles. The van der Waals surface area contributed by atoms with Gasteiger partial charge in [-0.15, -0.1) is 0 Å². The lowest BCUT2D eigenvalue weighted by Gasteiger charge is -2.33. The lowest BCUT2D eigenvalue weighted by molar-refractivity contribution is -0.0982. The molecule has 1 aromatic carbocycles. The van der Waals surface area contributed by atoms with Gasteiger partial charge in [-0.25, -0.2) is 17.6 Å². The summed E-state index contributed by atoms with van der Waals surface area (Å²) in [6.45, 7) is 0. The summed E-state index contributed by atoms with van der Waals surface area (Å²) in [4.78, 5) is 11.6. The van der Waals surface area contributed by atoms with Crippen molar-refractivity contribution >= 4 is 5.78 Å². The number of ketones is 1. The predicted molar refractivity (Wildman–Crippen MR) is 48.4 cm³/mol. The molecule has 1 saturated carbocycles. The number of halogens is 4. The quantitative estimate of drug-likeness (QED) is 0.565. The van der Waals surface area contributed by atoms with Crippen LogP contribution >= 0.6 is 0 Å². The fourth-order valence-corrected chi connectivity index (χ4v) is 1.78. The maximum atomic E-state index is 12.8. The second-order valence-electron chi connectivity index (χ2n) is 3.98. The van der Waals surface area contributed by atoms with E-state index in [1.54, 1.807) is 0 Å². The van der Waals surface area contributed by atoms with Gasteiger partial charge in [0.15, 0.2) is 5.78 Å². The highest BCUT2D eigenvalue weighted by molar-refractivity contribution is 5.98. The Morgan fingerprint density at radius 3 is 2.06 bits per heavy atom. The topological polar surface area (TPSA) is 17.1 Å². The first-order valence-electron chi connectivity index (χ1n) is 4.75. The number of hydrogen-bond acceptors (Lipinski definition) is 1. The van der Waals surface area contributed by atoms with Crippen LogP contribution in [0.15, 0.2) is 18.2 Å². The first-order chi connectivity index (χ1) is 7.37. The summed E-state index contributed by atoms with van der Waals surface area (Å²) in [6, 6.07) is 2.36. The second kappa shape index (κ2) is 3.57. The van der Waals surface area contributed by atoms with Gasteiger partial charge in [-0.05, 0) is 12.1 Å². The Morgan fingerprint density at radius 2 is 1.62 bits per heavy atom. The normalized spacial score (nSPS) is 19.2. The minimum atomic E-state index is -2.81. The van der Waals surface area contributed by atoms with Crippen molar-refractivity contribution in [3.63, 3.8) is 0 Å². The van der Waals surface area contributed by atoms with E-state index < -0.39 is 42.1 Å². The zero-order valence-corrected chi connectivity index (χ0v) is 8.14. The fraction of sp³-hybridized carbons (Fsp3) is 0.364. The summed E-state index contributed by atoms with van der Waals surface area (Å²) in [5.41, 5.74) is -0.182. The third-order valence-corrected chi connectivity index (χ3v) is 2.61. The minimum absolute atomic E-state index is 0.182. The molecule has 0 amide bonds. The Balaban J connectivity index is 2.16. The standard InChI is InChI=1S/C11H8F4O/c12-8-1-6(2-9(13)3-8)10(16)7-4-11(14,15)5-7/h1-3,7H,4-5H2. The van der Waals surface area contributed by atoms with Crippen LogP contribution in [0.25, 0.3) is 0 Å². The van der Waals surface area contributed by atoms with E-state index in [4.69, 9.17) is 0 Å². The molecule has 5 heteroatoms. The van der Waals surface area contributed by atoms with Gasteiger partial charge < -0.3 is 0 Å². The molecule has 0 spiro atoms. The SMILES string of the molecule is O=C(c1cc(F)cc(F)c1)C1CC(F)(F)C1. The maximum absolute atomic E-state index is 12.8. The first kappa shape index (κ1) is 11.1. The molecule has 0 unspecified atom stereocenters. The molecule has 1 fully saturated rings. The zero-order chi connectivity index (χ0) is 11.9. The molecule has 86 valence electrons. The highest BCUT2D eigenvalue weighted by Crippen LogP contribution is 2.43. The van der Waals surface area contributed by atoms with Gasteiger partial charge in [-0.3, -0.25) is 4.79 Å². The molecule has 0 atom stereocenters. The molecule has 16 heavy (non-hydrogen) atoms. The lowest BCUT2D eigenvalue weighted by atomic mass is 9.76. The van der Waals surface area contributed by atoms with Gasteiger partial charge >= 0.3 is 0 Å². The van der Waals surface area contributed by atoms with Gasteiger partial charge in [0, 0.05) is 30.4 Å². The van der Waals surface area contributed by atoms with Crippen molar-refractivity contribution in [3.05, 3.63) is 35.4 Å². The van der Waals surface area contributed by atoms with Crippen LogP contribution in [0.5, 0.6) is 0 Å². The largest absolute Gasteiger partial charge is 0.294 e. The summed E-state index contributed by atoms with van der Waals surface area (Å²) in [5, 5.41) is 0. The predicted octanol–water partition coefficient (Wildman–Crippen LogP) is 3.19. The van der Waals surface area contributed by atoms with Crippen molar-refractivity contribution in [2.24, 2.45) is 5.92 Å². The maximum Gasteiger partial charge on any atom is 0.249 e. The monoisotopic (exact) mass is 232 g/mol. The van der Waals surface area contributed by atoms with Crippen LogP contribution in [0, 0.1) is 17.6 Å². The molecule has 1 nitrogen and oxygen atoms in total. The molecule has 0 bridgehead atoms. The van der Waals surface area contributed by atoms with Crippen molar-refractivity contribution in [1.82, 2.24) is 0 Å². The van der Waals surface area contributed by atoms with E-state index in [2.05, 4.69) is 0 Å². The highest BCUT2D eigenvalue weighted by atomic mass is 19.3. The Labute approximate surface area is 89.1 Å². The van der Waals surface area contributed by atoms with Crippen LogP contribution in [0.4, 0.5) is 17.6 Å². The van der Waals surface area contributed by atoms with Crippen LogP contribution in [0.3, 0.4) is 0 Å². The molecule has 0 aromatic heterocycles. The Morgan fingerprint density at radius 1 is 1.12 bits per heavy atom. The summed E-state index contributed by atoms with van der Waals surface area (Å²) < 4.78 is 50.6.